The third-order valence-corrected chi connectivity index (χ3v) is 5.89. The summed E-state index contributed by atoms with van der Waals surface area (Å²) in [6.45, 7) is 0.169. The zero-order chi connectivity index (χ0) is 23.5. The number of barbiturate groups is 1. The Morgan fingerprint density at radius 1 is 0.970 bits per heavy atom. The zero-order valence-electron chi connectivity index (χ0n) is 16.8. The first-order valence-electron chi connectivity index (χ1n) is 9.65. The van der Waals surface area contributed by atoms with Gasteiger partial charge >= 0.3 is 6.03 Å². The molecule has 0 aromatic heterocycles. The molecule has 1 heterocycles. The second-order valence-electron chi connectivity index (χ2n) is 7.04. The highest BCUT2D eigenvalue weighted by molar-refractivity contribution is 9.10. The van der Waals surface area contributed by atoms with E-state index in [1.54, 1.807) is 54.6 Å². The highest BCUT2D eigenvalue weighted by Gasteiger charge is 2.36. The van der Waals surface area contributed by atoms with Gasteiger partial charge in [0.25, 0.3) is 11.8 Å². The Bertz CT molecular complexity index is 1290. The highest BCUT2D eigenvalue weighted by Crippen LogP contribution is 2.29. The molecule has 4 amide bonds. The van der Waals surface area contributed by atoms with Crippen LogP contribution >= 0.6 is 31.9 Å². The smallest absolute Gasteiger partial charge is 0.335 e. The van der Waals surface area contributed by atoms with E-state index in [1.807, 2.05) is 0 Å². The summed E-state index contributed by atoms with van der Waals surface area (Å²) in [6, 6.07) is 16.9. The van der Waals surface area contributed by atoms with Gasteiger partial charge in [-0.05, 0) is 81.7 Å². The van der Waals surface area contributed by atoms with Crippen LogP contribution in [0.15, 0.2) is 81.2 Å². The first-order valence-corrected chi connectivity index (χ1v) is 11.2. The normalized spacial score (nSPS) is 15.1. The summed E-state index contributed by atoms with van der Waals surface area (Å²) >= 11 is 6.72. The van der Waals surface area contributed by atoms with E-state index >= 15 is 0 Å². The van der Waals surface area contributed by atoms with Gasteiger partial charge in [0.1, 0.15) is 23.7 Å². The molecular weight excluding hydrogens is 559 g/mol. The lowest BCUT2D eigenvalue weighted by Gasteiger charge is -2.26. The van der Waals surface area contributed by atoms with Crippen molar-refractivity contribution in [1.82, 2.24) is 5.32 Å². The van der Waals surface area contributed by atoms with E-state index in [2.05, 4.69) is 37.2 Å². The molecule has 0 spiro atoms. The molecule has 166 valence electrons. The second-order valence-corrected chi connectivity index (χ2v) is 8.81. The van der Waals surface area contributed by atoms with E-state index in [9.17, 15) is 18.8 Å². The van der Waals surface area contributed by atoms with Crippen molar-refractivity contribution in [3.8, 4) is 5.75 Å². The molecule has 0 aliphatic carbocycles. The van der Waals surface area contributed by atoms with Crippen molar-refractivity contribution in [3.05, 3.63) is 98.2 Å². The number of rotatable bonds is 5. The molecule has 3 aromatic rings. The summed E-state index contributed by atoms with van der Waals surface area (Å²) in [6.07, 6.45) is 1.40. The number of nitrogens with one attached hydrogen (secondary N) is 1. The summed E-state index contributed by atoms with van der Waals surface area (Å²) in [5.41, 5.74) is 1.37. The Kier molecular flexibility index (Phi) is 6.71. The van der Waals surface area contributed by atoms with E-state index in [4.69, 9.17) is 4.74 Å². The van der Waals surface area contributed by atoms with Crippen molar-refractivity contribution in [1.29, 1.82) is 0 Å². The quantitative estimate of drug-likeness (QED) is 0.319. The van der Waals surface area contributed by atoms with Crippen molar-refractivity contribution in [3.63, 3.8) is 0 Å². The molecule has 1 fully saturated rings. The van der Waals surface area contributed by atoms with Crippen LogP contribution in [-0.2, 0) is 16.2 Å². The van der Waals surface area contributed by atoms with Crippen LogP contribution < -0.4 is 15.0 Å². The van der Waals surface area contributed by atoms with Crippen LogP contribution in [0.1, 0.15) is 11.1 Å². The number of benzene rings is 3. The van der Waals surface area contributed by atoms with Gasteiger partial charge in [0, 0.05) is 4.47 Å². The van der Waals surface area contributed by atoms with Crippen LogP contribution in [0.2, 0.25) is 0 Å². The lowest BCUT2D eigenvalue weighted by atomic mass is 10.1. The molecule has 1 N–H and O–H groups in total. The standard InChI is InChI=1S/C24H15Br2FN2O4/c25-16-5-7-18(8-6-16)29-23(31)19(22(30)28-24(29)32)11-14-4-9-21(20(26)12-14)33-13-15-2-1-3-17(27)10-15/h1-12H,13H2,(H,28,30,32)/b19-11+. The van der Waals surface area contributed by atoms with Gasteiger partial charge in [-0.2, -0.15) is 0 Å². The molecule has 0 saturated carbocycles. The topological polar surface area (TPSA) is 75.7 Å². The summed E-state index contributed by atoms with van der Waals surface area (Å²) in [7, 11) is 0. The number of urea groups is 1. The number of hydrogen-bond donors (Lipinski definition) is 1. The number of imide groups is 2. The lowest BCUT2D eigenvalue weighted by molar-refractivity contribution is -0.122. The average Bonchev–Trinajstić information content (AvgIpc) is 2.77. The summed E-state index contributed by atoms with van der Waals surface area (Å²) in [4.78, 5) is 38.5. The van der Waals surface area contributed by atoms with Crippen LogP contribution in [0.5, 0.6) is 5.75 Å². The van der Waals surface area contributed by atoms with Gasteiger partial charge in [-0.3, -0.25) is 14.9 Å². The Hall–Kier alpha value is -3.30. The molecule has 0 radical (unpaired) electrons. The van der Waals surface area contributed by atoms with Gasteiger partial charge in [0.2, 0.25) is 0 Å². The Morgan fingerprint density at radius 3 is 2.42 bits per heavy atom. The van der Waals surface area contributed by atoms with Crippen molar-refractivity contribution < 1.29 is 23.5 Å². The van der Waals surface area contributed by atoms with Crippen LogP contribution in [-0.4, -0.2) is 17.8 Å². The van der Waals surface area contributed by atoms with Gasteiger partial charge in [0.05, 0.1) is 10.2 Å². The highest BCUT2D eigenvalue weighted by atomic mass is 79.9. The fraction of sp³-hybridized carbons (Fsp3) is 0.0417. The predicted molar refractivity (Wildman–Crippen MR) is 128 cm³/mol. The Morgan fingerprint density at radius 2 is 1.73 bits per heavy atom. The SMILES string of the molecule is O=C1NC(=O)N(c2ccc(Br)cc2)C(=O)/C1=C/c1ccc(OCc2cccc(F)c2)c(Br)c1. The molecule has 33 heavy (non-hydrogen) atoms. The van der Waals surface area contributed by atoms with E-state index in [1.165, 1.54) is 18.2 Å². The van der Waals surface area contributed by atoms with Gasteiger partial charge in [-0.1, -0.05) is 34.1 Å². The maximum Gasteiger partial charge on any atom is 0.335 e. The minimum Gasteiger partial charge on any atom is -0.488 e. The molecule has 4 rings (SSSR count). The molecular formula is C24H15Br2FN2O4. The van der Waals surface area contributed by atoms with Crippen molar-refractivity contribution in [2.45, 2.75) is 6.61 Å². The number of anilines is 1. The van der Waals surface area contributed by atoms with Gasteiger partial charge in [0.15, 0.2) is 0 Å². The van der Waals surface area contributed by atoms with Crippen LogP contribution in [0.25, 0.3) is 6.08 Å². The molecule has 3 aromatic carbocycles. The lowest BCUT2D eigenvalue weighted by Crippen LogP contribution is -2.54. The number of amides is 4. The first kappa shape index (κ1) is 22.9. The molecule has 1 aliphatic heterocycles. The largest absolute Gasteiger partial charge is 0.488 e. The van der Waals surface area contributed by atoms with Crippen molar-refractivity contribution in [2.75, 3.05) is 4.90 Å². The summed E-state index contributed by atoms with van der Waals surface area (Å²) in [5.74, 6) is -1.34. The van der Waals surface area contributed by atoms with Crippen molar-refractivity contribution in [2.24, 2.45) is 0 Å². The van der Waals surface area contributed by atoms with Crippen LogP contribution in [0.4, 0.5) is 14.9 Å². The minimum absolute atomic E-state index is 0.169. The van der Waals surface area contributed by atoms with Crippen LogP contribution in [0, 0.1) is 5.82 Å². The van der Waals surface area contributed by atoms with Gasteiger partial charge in [-0.15, -0.1) is 0 Å². The van der Waals surface area contributed by atoms with E-state index in [-0.39, 0.29) is 18.0 Å². The Balaban J connectivity index is 1.56. The maximum atomic E-state index is 13.3. The molecule has 0 bridgehead atoms. The Labute approximate surface area is 205 Å². The first-order chi connectivity index (χ1) is 15.8. The second kappa shape index (κ2) is 9.68. The number of hydrogen-bond acceptors (Lipinski definition) is 4. The third-order valence-electron chi connectivity index (χ3n) is 4.74. The zero-order valence-corrected chi connectivity index (χ0v) is 20.0. The number of carbonyl (C=O) groups excluding carboxylic acids is 3. The van der Waals surface area contributed by atoms with Gasteiger partial charge < -0.3 is 4.74 Å². The number of nitrogens with zero attached hydrogens (tertiary/aromatic N) is 1. The molecule has 9 heteroatoms. The number of halogens is 3. The molecule has 0 unspecified atom stereocenters. The molecule has 1 saturated heterocycles. The van der Waals surface area contributed by atoms with Crippen LogP contribution in [0.3, 0.4) is 0 Å². The van der Waals surface area contributed by atoms with Crippen molar-refractivity contribution >= 4 is 61.5 Å². The van der Waals surface area contributed by atoms with E-state index in [0.717, 1.165) is 9.37 Å². The maximum absolute atomic E-state index is 13.3. The fourth-order valence-corrected chi connectivity index (χ4v) is 3.94. The summed E-state index contributed by atoms with van der Waals surface area (Å²) < 4.78 is 20.4. The van der Waals surface area contributed by atoms with Gasteiger partial charge in [-0.25, -0.2) is 14.1 Å². The molecule has 0 atom stereocenters. The average molecular weight is 574 g/mol. The minimum atomic E-state index is -0.813. The fourth-order valence-electron chi connectivity index (χ4n) is 3.16. The third kappa shape index (κ3) is 5.20. The molecule has 1 aliphatic rings. The molecule has 6 nitrogen and oxygen atoms in total. The monoisotopic (exact) mass is 572 g/mol. The predicted octanol–water partition coefficient (Wildman–Crippen LogP) is 5.60. The van der Waals surface area contributed by atoms with E-state index in [0.29, 0.717) is 27.0 Å². The summed E-state index contributed by atoms with van der Waals surface area (Å²) in [5, 5.41) is 2.19. The van der Waals surface area contributed by atoms with E-state index < -0.39 is 17.8 Å². The number of ether oxygens (including phenoxy) is 1. The number of carbonyl (C=O) groups is 3.